The molecule has 1 N–H and O–H groups in total. The summed E-state index contributed by atoms with van der Waals surface area (Å²) in [6.45, 7) is 3.14. The lowest BCUT2D eigenvalue weighted by Gasteiger charge is -2.07. The van der Waals surface area contributed by atoms with Gasteiger partial charge in [-0.1, -0.05) is 23.7 Å². The predicted molar refractivity (Wildman–Crippen MR) is 105 cm³/mol. The molecule has 0 aliphatic rings. The third kappa shape index (κ3) is 3.11. The van der Waals surface area contributed by atoms with E-state index in [0.717, 1.165) is 21.8 Å². The number of rotatable bonds is 5. The van der Waals surface area contributed by atoms with Crippen molar-refractivity contribution >= 4 is 50.9 Å². The molecule has 0 atom stereocenters. The number of imidazole rings is 2. The summed E-state index contributed by atoms with van der Waals surface area (Å²) in [5.41, 5.74) is 2.74. The van der Waals surface area contributed by atoms with Gasteiger partial charge in [0.2, 0.25) is 5.91 Å². The molecule has 3 aromatic heterocycles. The molecule has 3 heterocycles. The van der Waals surface area contributed by atoms with Gasteiger partial charge in [-0.25, -0.2) is 9.97 Å². The summed E-state index contributed by atoms with van der Waals surface area (Å²) in [6, 6.07) is 7.98. The maximum atomic E-state index is 12.1. The Morgan fingerprint density at radius 2 is 2.19 bits per heavy atom. The van der Waals surface area contributed by atoms with Crippen LogP contribution in [0.2, 0.25) is 5.15 Å². The fourth-order valence-electron chi connectivity index (χ4n) is 2.91. The number of hydrogen-bond acceptors (Lipinski definition) is 4. The standard InChI is InChI=1S/C18H16ClN5OS/c1-12-21-13-4-2-3-5-14(13)23(12)9-8-20-16(25)7-6-15-17(19)22-18-24(15)10-11-26-18/h2-7,10-11H,8-9H2,1H3,(H,20,25)/b7-6+. The first-order valence-corrected chi connectivity index (χ1v) is 9.38. The van der Waals surface area contributed by atoms with Crippen molar-refractivity contribution in [3.63, 3.8) is 0 Å². The number of amides is 1. The number of para-hydroxylation sites is 2. The molecule has 26 heavy (non-hydrogen) atoms. The lowest BCUT2D eigenvalue weighted by molar-refractivity contribution is -0.116. The van der Waals surface area contributed by atoms with E-state index < -0.39 is 0 Å². The molecule has 0 spiro atoms. The van der Waals surface area contributed by atoms with Gasteiger partial charge in [0.1, 0.15) is 5.82 Å². The summed E-state index contributed by atoms with van der Waals surface area (Å²) in [5, 5.41) is 5.21. The Hall–Kier alpha value is -2.64. The SMILES string of the molecule is Cc1nc2ccccc2n1CCNC(=O)/C=C/c1c(Cl)nc2sccn12. The fourth-order valence-corrected chi connectivity index (χ4v) is 3.91. The van der Waals surface area contributed by atoms with Gasteiger partial charge in [-0.3, -0.25) is 9.20 Å². The first-order chi connectivity index (χ1) is 12.6. The minimum atomic E-state index is -0.173. The summed E-state index contributed by atoms with van der Waals surface area (Å²) in [5.74, 6) is 0.759. The van der Waals surface area contributed by atoms with Crippen LogP contribution in [0, 0.1) is 6.92 Å². The molecule has 0 saturated heterocycles. The second-order valence-corrected chi connectivity index (χ2v) is 7.00. The summed E-state index contributed by atoms with van der Waals surface area (Å²) in [7, 11) is 0. The van der Waals surface area contributed by atoms with Crippen LogP contribution >= 0.6 is 22.9 Å². The van der Waals surface area contributed by atoms with E-state index in [0.29, 0.717) is 23.9 Å². The lowest BCUT2D eigenvalue weighted by Crippen LogP contribution is -2.25. The number of nitrogens with zero attached hydrogens (tertiary/aromatic N) is 4. The predicted octanol–water partition coefficient (Wildman–Crippen LogP) is 3.54. The molecule has 0 fully saturated rings. The summed E-state index contributed by atoms with van der Waals surface area (Å²) in [6.07, 6.45) is 5.04. The number of thiazole rings is 1. The highest BCUT2D eigenvalue weighted by molar-refractivity contribution is 7.15. The average Bonchev–Trinajstić information content (AvgIpc) is 3.27. The number of benzene rings is 1. The molecule has 8 heteroatoms. The van der Waals surface area contributed by atoms with E-state index in [4.69, 9.17) is 11.6 Å². The van der Waals surface area contributed by atoms with E-state index in [2.05, 4.69) is 19.9 Å². The van der Waals surface area contributed by atoms with Crippen LogP contribution in [0.5, 0.6) is 0 Å². The third-order valence-corrected chi connectivity index (χ3v) is 5.16. The molecule has 4 rings (SSSR count). The molecule has 1 amide bonds. The van der Waals surface area contributed by atoms with Crippen molar-refractivity contribution in [1.82, 2.24) is 24.3 Å². The number of aryl methyl sites for hydroxylation is 1. The highest BCUT2D eigenvalue weighted by Crippen LogP contribution is 2.22. The molecule has 0 radical (unpaired) electrons. The number of carbonyl (C=O) groups excluding carboxylic acids is 1. The van der Waals surface area contributed by atoms with Gasteiger partial charge >= 0.3 is 0 Å². The monoisotopic (exact) mass is 385 g/mol. The van der Waals surface area contributed by atoms with Crippen LogP contribution in [0.3, 0.4) is 0 Å². The van der Waals surface area contributed by atoms with Crippen LogP contribution in [0.1, 0.15) is 11.5 Å². The Bertz CT molecular complexity index is 1120. The van der Waals surface area contributed by atoms with E-state index in [-0.39, 0.29) is 5.91 Å². The molecule has 0 aliphatic heterocycles. The van der Waals surface area contributed by atoms with E-state index in [1.165, 1.54) is 17.4 Å². The smallest absolute Gasteiger partial charge is 0.244 e. The summed E-state index contributed by atoms with van der Waals surface area (Å²) >= 11 is 7.61. The minimum Gasteiger partial charge on any atom is -0.351 e. The zero-order valence-electron chi connectivity index (χ0n) is 14.0. The van der Waals surface area contributed by atoms with Crippen molar-refractivity contribution in [2.24, 2.45) is 0 Å². The van der Waals surface area contributed by atoms with Crippen LogP contribution in [0.4, 0.5) is 0 Å². The van der Waals surface area contributed by atoms with Gasteiger partial charge in [0, 0.05) is 30.7 Å². The normalized spacial score (nSPS) is 11.8. The van der Waals surface area contributed by atoms with Gasteiger partial charge in [-0.05, 0) is 25.1 Å². The second kappa shape index (κ2) is 6.93. The molecule has 6 nitrogen and oxygen atoms in total. The first-order valence-electron chi connectivity index (χ1n) is 8.12. The van der Waals surface area contributed by atoms with Gasteiger partial charge in [-0.15, -0.1) is 11.3 Å². The maximum absolute atomic E-state index is 12.1. The Labute approximate surface area is 158 Å². The van der Waals surface area contributed by atoms with Crippen LogP contribution < -0.4 is 5.32 Å². The number of hydrogen-bond donors (Lipinski definition) is 1. The van der Waals surface area contributed by atoms with Crippen molar-refractivity contribution in [3.8, 4) is 0 Å². The van der Waals surface area contributed by atoms with Gasteiger partial charge in [0.05, 0.1) is 16.7 Å². The molecule has 0 unspecified atom stereocenters. The van der Waals surface area contributed by atoms with Crippen molar-refractivity contribution in [3.05, 3.63) is 58.6 Å². The minimum absolute atomic E-state index is 0.173. The third-order valence-electron chi connectivity index (χ3n) is 4.13. The maximum Gasteiger partial charge on any atom is 0.244 e. The molecular formula is C18H16ClN5OS. The van der Waals surface area contributed by atoms with Crippen LogP contribution in [0.25, 0.3) is 22.1 Å². The highest BCUT2D eigenvalue weighted by Gasteiger charge is 2.09. The number of aromatic nitrogens is 4. The fraction of sp³-hybridized carbons (Fsp3) is 0.167. The molecule has 0 bridgehead atoms. The largest absolute Gasteiger partial charge is 0.351 e. The van der Waals surface area contributed by atoms with Gasteiger partial charge in [-0.2, -0.15) is 0 Å². The Kier molecular flexibility index (Phi) is 4.48. The molecule has 132 valence electrons. The van der Waals surface area contributed by atoms with Crippen LogP contribution in [-0.2, 0) is 11.3 Å². The quantitative estimate of drug-likeness (QED) is 0.534. The number of fused-ring (bicyclic) bond motifs is 2. The van der Waals surface area contributed by atoms with E-state index in [9.17, 15) is 4.79 Å². The van der Waals surface area contributed by atoms with Crippen molar-refractivity contribution in [2.45, 2.75) is 13.5 Å². The zero-order valence-corrected chi connectivity index (χ0v) is 15.6. The van der Waals surface area contributed by atoms with Gasteiger partial charge in [0.25, 0.3) is 0 Å². The first kappa shape index (κ1) is 16.8. The Balaban J connectivity index is 1.40. The molecular weight excluding hydrogens is 370 g/mol. The van der Waals surface area contributed by atoms with E-state index >= 15 is 0 Å². The lowest BCUT2D eigenvalue weighted by atomic mass is 10.3. The number of nitrogens with one attached hydrogen (secondary N) is 1. The van der Waals surface area contributed by atoms with Gasteiger partial charge in [0.15, 0.2) is 10.1 Å². The molecule has 4 aromatic rings. The molecule has 0 saturated carbocycles. The topological polar surface area (TPSA) is 64.2 Å². The van der Waals surface area contributed by atoms with Crippen molar-refractivity contribution < 1.29 is 4.79 Å². The van der Waals surface area contributed by atoms with E-state index in [1.807, 2.05) is 47.2 Å². The van der Waals surface area contributed by atoms with Crippen LogP contribution in [-0.4, -0.2) is 31.4 Å². The Morgan fingerprint density at radius 1 is 1.35 bits per heavy atom. The molecule has 1 aromatic carbocycles. The van der Waals surface area contributed by atoms with E-state index in [1.54, 1.807) is 6.08 Å². The van der Waals surface area contributed by atoms with Crippen molar-refractivity contribution in [2.75, 3.05) is 6.54 Å². The summed E-state index contributed by atoms with van der Waals surface area (Å²) < 4.78 is 3.96. The number of carbonyl (C=O) groups is 1. The molecule has 0 aliphatic carbocycles. The average molecular weight is 386 g/mol. The number of halogens is 1. The van der Waals surface area contributed by atoms with Crippen LogP contribution in [0.15, 0.2) is 41.9 Å². The zero-order chi connectivity index (χ0) is 18.1. The Morgan fingerprint density at radius 3 is 3.08 bits per heavy atom. The highest BCUT2D eigenvalue weighted by atomic mass is 35.5. The van der Waals surface area contributed by atoms with Crippen molar-refractivity contribution in [1.29, 1.82) is 0 Å². The summed E-state index contributed by atoms with van der Waals surface area (Å²) in [4.78, 5) is 21.7. The second-order valence-electron chi connectivity index (χ2n) is 5.77. The van der Waals surface area contributed by atoms with Gasteiger partial charge < -0.3 is 9.88 Å².